The lowest BCUT2D eigenvalue weighted by atomic mass is 10.2. The van der Waals surface area contributed by atoms with Gasteiger partial charge in [-0.25, -0.2) is 8.42 Å². The number of rotatable bonds is 5. The molecule has 0 unspecified atom stereocenters. The van der Waals surface area contributed by atoms with Gasteiger partial charge in [-0.3, -0.25) is 14.2 Å². The Morgan fingerprint density at radius 1 is 1.33 bits per heavy atom. The molecule has 21 heavy (non-hydrogen) atoms. The highest BCUT2D eigenvalue weighted by Gasteiger charge is 2.16. The van der Waals surface area contributed by atoms with Crippen molar-refractivity contribution in [2.24, 2.45) is 0 Å². The van der Waals surface area contributed by atoms with Gasteiger partial charge in [0.15, 0.2) is 5.78 Å². The summed E-state index contributed by atoms with van der Waals surface area (Å²) in [6.07, 6.45) is 3.07. The number of hydrogen-bond acceptors (Lipinski definition) is 4. The first-order valence-corrected chi connectivity index (χ1v) is 7.96. The molecule has 1 heterocycles. The maximum Gasteiger partial charge on any atom is 0.262 e. The SMILES string of the molecule is CC(=O)c1cccc(S(=O)(=O)Nc2cnn(C(C)C)c2)c1. The lowest BCUT2D eigenvalue weighted by molar-refractivity contribution is 0.101. The zero-order valence-corrected chi connectivity index (χ0v) is 12.9. The quantitative estimate of drug-likeness (QED) is 0.860. The lowest BCUT2D eigenvalue weighted by Crippen LogP contribution is -2.13. The molecule has 0 spiro atoms. The number of ketones is 1. The Balaban J connectivity index is 2.29. The van der Waals surface area contributed by atoms with Gasteiger partial charge >= 0.3 is 0 Å². The second-order valence-corrected chi connectivity index (χ2v) is 6.67. The molecule has 7 heteroatoms. The van der Waals surface area contributed by atoms with Crippen LogP contribution in [-0.4, -0.2) is 24.0 Å². The Kier molecular flexibility index (Phi) is 4.13. The molecule has 1 aromatic carbocycles. The van der Waals surface area contributed by atoms with Crippen molar-refractivity contribution in [2.75, 3.05) is 4.72 Å². The molecule has 0 aliphatic rings. The number of sulfonamides is 1. The Hall–Kier alpha value is -2.15. The van der Waals surface area contributed by atoms with E-state index in [0.29, 0.717) is 11.3 Å². The van der Waals surface area contributed by atoms with E-state index in [2.05, 4.69) is 9.82 Å². The largest absolute Gasteiger partial charge is 0.295 e. The molecule has 0 saturated carbocycles. The fourth-order valence-electron chi connectivity index (χ4n) is 1.77. The van der Waals surface area contributed by atoms with Crippen molar-refractivity contribution in [3.8, 4) is 0 Å². The summed E-state index contributed by atoms with van der Waals surface area (Å²) in [6.45, 7) is 5.29. The normalized spacial score (nSPS) is 11.6. The first-order chi connectivity index (χ1) is 9.79. The van der Waals surface area contributed by atoms with Crippen LogP contribution in [0, 0.1) is 0 Å². The standard InChI is InChI=1S/C14H17N3O3S/c1-10(2)17-9-13(8-15-17)16-21(19,20)14-6-4-5-12(7-14)11(3)18/h4-10,16H,1-3H3. The highest BCUT2D eigenvalue weighted by atomic mass is 32.2. The maximum atomic E-state index is 12.3. The van der Waals surface area contributed by atoms with Crippen molar-refractivity contribution in [1.29, 1.82) is 0 Å². The van der Waals surface area contributed by atoms with E-state index in [1.165, 1.54) is 25.3 Å². The van der Waals surface area contributed by atoms with Gasteiger partial charge in [0.05, 0.1) is 16.8 Å². The molecule has 0 saturated heterocycles. The zero-order valence-electron chi connectivity index (χ0n) is 12.1. The van der Waals surface area contributed by atoms with E-state index in [1.807, 2.05) is 13.8 Å². The molecule has 6 nitrogen and oxygen atoms in total. The van der Waals surface area contributed by atoms with Crippen LogP contribution in [0.4, 0.5) is 5.69 Å². The average molecular weight is 307 g/mol. The van der Waals surface area contributed by atoms with Crippen molar-refractivity contribution in [2.45, 2.75) is 31.7 Å². The van der Waals surface area contributed by atoms with Crippen molar-refractivity contribution in [3.63, 3.8) is 0 Å². The topological polar surface area (TPSA) is 81.1 Å². The predicted molar refractivity (Wildman–Crippen MR) is 79.9 cm³/mol. The van der Waals surface area contributed by atoms with Crippen LogP contribution in [0.15, 0.2) is 41.6 Å². The fraction of sp³-hybridized carbons (Fsp3) is 0.286. The number of aromatic nitrogens is 2. The average Bonchev–Trinajstić information content (AvgIpc) is 2.87. The first kappa shape index (κ1) is 15.2. The summed E-state index contributed by atoms with van der Waals surface area (Å²) < 4.78 is 28.7. The Morgan fingerprint density at radius 3 is 2.62 bits per heavy atom. The summed E-state index contributed by atoms with van der Waals surface area (Å²) >= 11 is 0. The Bertz CT molecular complexity index is 763. The number of carbonyl (C=O) groups excluding carboxylic acids is 1. The molecule has 0 radical (unpaired) electrons. The molecular weight excluding hydrogens is 290 g/mol. The predicted octanol–water partition coefficient (Wildman–Crippen LogP) is 2.47. The van der Waals surface area contributed by atoms with Gasteiger partial charge in [-0.2, -0.15) is 5.10 Å². The lowest BCUT2D eigenvalue weighted by Gasteiger charge is -2.07. The summed E-state index contributed by atoms with van der Waals surface area (Å²) in [5.41, 5.74) is 0.743. The van der Waals surface area contributed by atoms with E-state index in [-0.39, 0.29) is 16.7 Å². The van der Waals surface area contributed by atoms with Crippen LogP contribution in [0.2, 0.25) is 0 Å². The first-order valence-electron chi connectivity index (χ1n) is 6.47. The summed E-state index contributed by atoms with van der Waals surface area (Å²) in [4.78, 5) is 11.4. The molecule has 0 bridgehead atoms. The fourth-order valence-corrected chi connectivity index (χ4v) is 2.84. The van der Waals surface area contributed by atoms with E-state index in [1.54, 1.807) is 23.0 Å². The van der Waals surface area contributed by atoms with Gasteiger partial charge in [0, 0.05) is 17.8 Å². The molecule has 0 fully saturated rings. The molecule has 2 rings (SSSR count). The van der Waals surface area contributed by atoms with Gasteiger partial charge in [0.25, 0.3) is 10.0 Å². The molecular formula is C14H17N3O3S. The van der Waals surface area contributed by atoms with E-state index in [4.69, 9.17) is 0 Å². The summed E-state index contributed by atoms with van der Waals surface area (Å²) in [5.74, 6) is -0.181. The smallest absolute Gasteiger partial charge is 0.262 e. The number of nitrogens with one attached hydrogen (secondary N) is 1. The van der Waals surface area contributed by atoms with Gasteiger partial charge < -0.3 is 0 Å². The number of anilines is 1. The van der Waals surface area contributed by atoms with Crippen LogP contribution >= 0.6 is 0 Å². The van der Waals surface area contributed by atoms with Crippen LogP contribution in [0.1, 0.15) is 37.2 Å². The number of nitrogens with zero attached hydrogens (tertiary/aromatic N) is 2. The Labute approximate surface area is 123 Å². The van der Waals surface area contributed by atoms with Gasteiger partial charge in [-0.15, -0.1) is 0 Å². The minimum atomic E-state index is -3.74. The molecule has 112 valence electrons. The number of Topliss-reactive ketones (excluding diaryl/α,β-unsaturated/α-hetero) is 1. The molecule has 0 atom stereocenters. The molecule has 0 amide bonds. The van der Waals surface area contributed by atoms with Crippen LogP contribution in [0.25, 0.3) is 0 Å². The molecule has 0 aliphatic heterocycles. The van der Waals surface area contributed by atoms with Crippen LogP contribution in [0.3, 0.4) is 0 Å². The van der Waals surface area contributed by atoms with E-state index in [0.717, 1.165) is 0 Å². The van der Waals surface area contributed by atoms with Gasteiger partial charge in [-0.05, 0) is 32.9 Å². The summed E-state index contributed by atoms with van der Waals surface area (Å²) in [7, 11) is -3.74. The molecule has 2 aromatic rings. The second-order valence-electron chi connectivity index (χ2n) is 4.99. The third-order valence-electron chi connectivity index (χ3n) is 2.93. The minimum absolute atomic E-state index is 0.0486. The zero-order chi connectivity index (χ0) is 15.6. The van der Waals surface area contributed by atoms with Gasteiger partial charge in [-0.1, -0.05) is 12.1 Å². The van der Waals surface area contributed by atoms with Crippen LogP contribution in [-0.2, 0) is 10.0 Å². The van der Waals surface area contributed by atoms with Crippen LogP contribution in [0.5, 0.6) is 0 Å². The van der Waals surface area contributed by atoms with E-state index in [9.17, 15) is 13.2 Å². The number of carbonyl (C=O) groups is 1. The second kappa shape index (κ2) is 5.69. The minimum Gasteiger partial charge on any atom is -0.295 e. The van der Waals surface area contributed by atoms with E-state index >= 15 is 0 Å². The van der Waals surface area contributed by atoms with Crippen molar-refractivity contribution in [3.05, 3.63) is 42.2 Å². The molecule has 0 aliphatic carbocycles. The van der Waals surface area contributed by atoms with Gasteiger partial charge in [0.2, 0.25) is 0 Å². The summed E-state index contributed by atoms with van der Waals surface area (Å²) in [6, 6.07) is 6.07. The number of hydrogen-bond donors (Lipinski definition) is 1. The third-order valence-corrected chi connectivity index (χ3v) is 4.31. The highest BCUT2D eigenvalue weighted by Crippen LogP contribution is 2.18. The Morgan fingerprint density at radius 2 is 2.05 bits per heavy atom. The summed E-state index contributed by atoms with van der Waals surface area (Å²) in [5, 5.41) is 4.07. The van der Waals surface area contributed by atoms with Crippen molar-refractivity contribution in [1.82, 2.24) is 9.78 Å². The highest BCUT2D eigenvalue weighted by molar-refractivity contribution is 7.92. The molecule has 1 N–H and O–H groups in total. The van der Waals surface area contributed by atoms with Crippen LogP contribution < -0.4 is 4.72 Å². The van der Waals surface area contributed by atoms with E-state index < -0.39 is 10.0 Å². The number of benzene rings is 1. The van der Waals surface area contributed by atoms with Crippen molar-refractivity contribution < 1.29 is 13.2 Å². The maximum absolute atomic E-state index is 12.3. The molecule has 1 aromatic heterocycles. The monoisotopic (exact) mass is 307 g/mol. The van der Waals surface area contributed by atoms with Gasteiger partial charge in [0.1, 0.15) is 0 Å². The van der Waals surface area contributed by atoms with Crippen molar-refractivity contribution >= 4 is 21.5 Å². The third kappa shape index (κ3) is 3.49.